The van der Waals surface area contributed by atoms with Crippen molar-refractivity contribution < 1.29 is 9.59 Å². The molecule has 31 heavy (non-hydrogen) atoms. The molecule has 0 aliphatic carbocycles. The molecule has 2 heterocycles. The quantitative estimate of drug-likeness (QED) is 0.331. The fourth-order valence-corrected chi connectivity index (χ4v) is 2.93. The molecule has 4 rings (SSSR count). The van der Waals surface area contributed by atoms with Gasteiger partial charge in [-0.2, -0.15) is 20.5 Å². The fourth-order valence-electron chi connectivity index (χ4n) is 2.93. The van der Waals surface area contributed by atoms with E-state index in [0.717, 1.165) is 22.4 Å². The van der Waals surface area contributed by atoms with Gasteiger partial charge in [-0.15, -0.1) is 0 Å². The Kier molecular flexibility index (Phi) is 5.94. The maximum absolute atomic E-state index is 12.2. The van der Waals surface area contributed by atoms with Gasteiger partial charge in [-0.05, 0) is 11.6 Å². The van der Waals surface area contributed by atoms with Gasteiger partial charge in [0, 0.05) is 23.4 Å². The molecule has 0 saturated carbocycles. The largest absolute Gasteiger partial charge is 0.291 e. The van der Waals surface area contributed by atoms with E-state index in [4.69, 9.17) is 5.10 Å². The molecule has 0 atom stereocenters. The summed E-state index contributed by atoms with van der Waals surface area (Å²) in [6, 6.07) is 19.7. The van der Waals surface area contributed by atoms with E-state index >= 15 is 0 Å². The van der Waals surface area contributed by atoms with E-state index in [0.29, 0.717) is 6.54 Å². The van der Waals surface area contributed by atoms with E-state index in [1.165, 1.54) is 12.3 Å². The molecule has 0 fully saturated rings. The number of benzene rings is 2. The van der Waals surface area contributed by atoms with Gasteiger partial charge in [0.1, 0.15) is 0 Å². The average Bonchev–Trinajstić information content (AvgIpc) is 3.48. The Morgan fingerprint density at radius 2 is 1.74 bits per heavy atom. The third kappa shape index (κ3) is 5.10. The molecule has 0 aliphatic rings. The second-order valence-electron chi connectivity index (χ2n) is 6.61. The minimum atomic E-state index is -0.573. The Balaban J connectivity index is 1.50. The summed E-state index contributed by atoms with van der Waals surface area (Å²) in [5, 5.41) is 14.2. The molecular weight excluding hydrogens is 394 g/mol. The van der Waals surface area contributed by atoms with Crippen LogP contribution < -0.4 is 10.9 Å². The first kappa shape index (κ1) is 19.8. The summed E-state index contributed by atoms with van der Waals surface area (Å²) in [5.74, 6) is -1.07. The lowest BCUT2D eigenvalue weighted by Crippen LogP contribution is -2.40. The predicted molar refractivity (Wildman–Crippen MR) is 114 cm³/mol. The van der Waals surface area contributed by atoms with Crippen LogP contribution in [0.15, 0.2) is 79.1 Å². The lowest BCUT2D eigenvalue weighted by molar-refractivity contribution is -0.117. The van der Waals surface area contributed by atoms with Gasteiger partial charge in [0.25, 0.3) is 11.8 Å². The molecule has 9 nitrogen and oxygen atoms in total. The van der Waals surface area contributed by atoms with Gasteiger partial charge in [0.05, 0.1) is 18.4 Å². The summed E-state index contributed by atoms with van der Waals surface area (Å²) < 4.78 is 1.83. The highest BCUT2D eigenvalue weighted by atomic mass is 16.2. The van der Waals surface area contributed by atoms with Gasteiger partial charge in [-0.1, -0.05) is 60.7 Å². The molecule has 0 aliphatic heterocycles. The number of carbonyl (C=O) groups is 2. The van der Waals surface area contributed by atoms with Crippen molar-refractivity contribution >= 4 is 17.9 Å². The van der Waals surface area contributed by atoms with E-state index in [2.05, 4.69) is 26.3 Å². The number of amides is 2. The Morgan fingerprint density at radius 3 is 2.45 bits per heavy atom. The summed E-state index contributed by atoms with van der Waals surface area (Å²) in [4.78, 5) is 24.0. The van der Waals surface area contributed by atoms with Gasteiger partial charge < -0.3 is 0 Å². The summed E-state index contributed by atoms with van der Waals surface area (Å²) in [7, 11) is 0. The monoisotopic (exact) mass is 413 g/mol. The van der Waals surface area contributed by atoms with Crippen molar-refractivity contribution in [1.29, 1.82) is 0 Å². The number of aromatic nitrogens is 5. The van der Waals surface area contributed by atoms with Gasteiger partial charge >= 0.3 is 0 Å². The molecule has 0 unspecified atom stereocenters. The first-order valence-electron chi connectivity index (χ1n) is 9.50. The average molecular weight is 413 g/mol. The van der Waals surface area contributed by atoms with Crippen molar-refractivity contribution in [2.75, 3.05) is 0 Å². The molecule has 9 heteroatoms. The Labute approximate surface area is 177 Å². The highest BCUT2D eigenvalue weighted by Crippen LogP contribution is 2.23. The third-order valence-corrected chi connectivity index (χ3v) is 4.39. The van der Waals surface area contributed by atoms with Crippen LogP contribution in [0.3, 0.4) is 0 Å². The third-order valence-electron chi connectivity index (χ3n) is 4.39. The van der Waals surface area contributed by atoms with Crippen molar-refractivity contribution in [2.24, 2.45) is 0 Å². The molecule has 4 aromatic rings. The lowest BCUT2D eigenvalue weighted by Gasteiger charge is -2.02. The van der Waals surface area contributed by atoms with Crippen molar-refractivity contribution in [3.63, 3.8) is 0 Å². The van der Waals surface area contributed by atoms with Crippen LogP contribution in [-0.4, -0.2) is 37.0 Å². The Hall–Kier alpha value is -4.53. The van der Waals surface area contributed by atoms with E-state index < -0.39 is 11.8 Å². The zero-order valence-electron chi connectivity index (χ0n) is 16.4. The molecule has 3 N–H and O–H groups in total. The number of hydrogen-bond donors (Lipinski definition) is 3. The number of H-pyrrole nitrogens is 1. The molecular formula is C22H19N7O2. The minimum Gasteiger partial charge on any atom is -0.268 e. The Bertz CT molecular complexity index is 1180. The predicted octanol–water partition coefficient (Wildman–Crippen LogP) is 2.19. The number of rotatable bonds is 6. The standard InChI is InChI=1S/C22H19N7O2/c30-20(25-26-22(31)19-13-23-28-24-19)12-11-18-15-29(14-16-7-3-1-4-8-16)27-21(18)17-9-5-2-6-10-17/h1-13,15H,14H2,(H,25,30)(H,26,31)(H,23,24,28). The topological polar surface area (TPSA) is 118 Å². The maximum Gasteiger partial charge on any atom is 0.291 e. The van der Waals surface area contributed by atoms with Crippen LogP contribution in [0.2, 0.25) is 0 Å². The zero-order chi connectivity index (χ0) is 21.5. The second-order valence-corrected chi connectivity index (χ2v) is 6.61. The maximum atomic E-state index is 12.2. The van der Waals surface area contributed by atoms with Crippen molar-refractivity contribution in [3.8, 4) is 11.3 Å². The van der Waals surface area contributed by atoms with E-state index in [1.54, 1.807) is 6.08 Å². The van der Waals surface area contributed by atoms with Crippen molar-refractivity contribution in [2.45, 2.75) is 6.54 Å². The number of nitrogens with one attached hydrogen (secondary N) is 3. The summed E-state index contributed by atoms with van der Waals surface area (Å²) in [6.45, 7) is 0.606. The number of aromatic amines is 1. The number of nitrogens with zero attached hydrogens (tertiary/aromatic N) is 4. The first-order chi connectivity index (χ1) is 15.2. The van der Waals surface area contributed by atoms with Gasteiger partial charge in [-0.3, -0.25) is 25.1 Å². The van der Waals surface area contributed by atoms with Crippen LogP contribution >= 0.6 is 0 Å². The van der Waals surface area contributed by atoms with Gasteiger partial charge in [0.2, 0.25) is 0 Å². The van der Waals surface area contributed by atoms with Crippen LogP contribution in [-0.2, 0) is 11.3 Å². The van der Waals surface area contributed by atoms with Gasteiger partial charge in [0.15, 0.2) is 5.69 Å². The van der Waals surface area contributed by atoms with Crippen LogP contribution in [0.25, 0.3) is 17.3 Å². The summed E-state index contributed by atoms with van der Waals surface area (Å²) in [6.07, 6.45) is 6.13. The molecule has 2 amide bonds. The molecule has 0 bridgehead atoms. The minimum absolute atomic E-state index is 0.0674. The second kappa shape index (κ2) is 9.31. The summed E-state index contributed by atoms with van der Waals surface area (Å²) >= 11 is 0. The zero-order valence-corrected chi connectivity index (χ0v) is 16.4. The number of carbonyl (C=O) groups excluding carboxylic acids is 2. The molecule has 154 valence electrons. The van der Waals surface area contributed by atoms with Crippen LogP contribution in [0.5, 0.6) is 0 Å². The molecule has 0 saturated heterocycles. The van der Waals surface area contributed by atoms with E-state index in [9.17, 15) is 9.59 Å². The first-order valence-corrected chi connectivity index (χ1v) is 9.50. The fraction of sp³-hybridized carbons (Fsp3) is 0.0455. The molecule has 2 aromatic heterocycles. The van der Waals surface area contributed by atoms with E-state index in [-0.39, 0.29) is 5.69 Å². The Morgan fingerprint density at radius 1 is 1.00 bits per heavy atom. The number of hydrazine groups is 1. The SMILES string of the molecule is O=C(C=Cc1cn(Cc2ccccc2)nc1-c1ccccc1)NNC(=O)c1cn[nH]n1. The molecule has 0 spiro atoms. The van der Waals surface area contributed by atoms with Crippen LogP contribution in [0.1, 0.15) is 21.6 Å². The highest BCUT2D eigenvalue weighted by Gasteiger charge is 2.11. The highest BCUT2D eigenvalue weighted by molar-refractivity contribution is 5.97. The normalized spacial score (nSPS) is 10.8. The van der Waals surface area contributed by atoms with Crippen molar-refractivity contribution in [3.05, 3.63) is 96.0 Å². The van der Waals surface area contributed by atoms with Gasteiger partial charge in [-0.25, -0.2) is 0 Å². The smallest absolute Gasteiger partial charge is 0.268 e. The van der Waals surface area contributed by atoms with Crippen LogP contribution in [0, 0.1) is 0 Å². The summed E-state index contributed by atoms with van der Waals surface area (Å²) in [5.41, 5.74) is 8.24. The number of hydrogen-bond acceptors (Lipinski definition) is 5. The van der Waals surface area contributed by atoms with Crippen LogP contribution in [0.4, 0.5) is 0 Å². The lowest BCUT2D eigenvalue weighted by atomic mass is 10.1. The van der Waals surface area contributed by atoms with Crippen molar-refractivity contribution in [1.82, 2.24) is 36.0 Å². The van der Waals surface area contributed by atoms with E-state index in [1.807, 2.05) is 71.5 Å². The molecule has 0 radical (unpaired) electrons. The molecule has 2 aromatic carbocycles.